The molecule has 2 nitrogen and oxygen atoms in total. The molecule has 0 amide bonds. The highest BCUT2D eigenvalue weighted by molar-refractivity contribution is 9.10. The smallest absolute Gasteiger partial charge is 0.287 e. The zero-order valence-electron chi connectivity index (χ0n) is 5.27. The summed E-state index contributed by atoms with van der Waals surface area (Å²) >= 11 is 8.75. The van der Waals surface area contributed by atoms with E-state index >= 15 is 0 Å². The van der Waals surface area contributed by atoms with E-state index in [1.807, 2.05) is 6.92 Å². The van der Waals surface area contributed by atoms with Crippen LogP contribution in [0.15, 0.2) is 16.7 Å². The van der Waals surface area contributed by atoms with Gasteiger partial charge in [0.2, 0.25) is 0 Å². The largest absolute Gasteiger partial charge is 0.618 e. The molecule has 4 heteroatoms. The fraction of sp³-hybridized carbons (Fsp3) is 0.167. The summed E-state index contributed by atoms with van der Waals surface area (Å²) in [5, 5.41) is 10.9. The highest BCUT2D eigenvalue weighted by Crippen LogP contribution is 2.16. The number of aryl methyl sites for hydroxylation is 1. The fourth-order valence-electron chi connectivity index (χ4n) is 0.581. The Labute approximate surface area is 72.1 Å². The van der Waals surface area contributed by atoms with E-state index in [0.717, 1.165) is 10.0 Å². The molecule has 10 heavy (non-hydrogen) atoms. The van der Waals surface area contributed by atoms with Crippen LogP contribution in [0.5, 0.6) is 0 Å². The molecule has 0 radical (unpaired) electrons. The first-order valence-corrected chi connectivity index (χ1v) is 3.83. The molecule has 0 aliphatic carbocycles. The molecule has 1 aromatic rings. The van der Waals surface area contributed by atoms with E-state index in [1.165, 1.54) is 6.20 Å². The van der Waals surface area contributed by atoms with Crippen molar-refractivity contribution in [3.05, 3.63) is 32.7 Å². The molecule has 0 aliphatic rings. The zero-order chi connectivity index (χ0) is 7.72. The summed E-state index contributed by atoms with van der Waals surface area (Å²) in [5.74, 6) is 0. The van der Waals surface area contributed by atoms with Crippen molar-refractivity contribution in [1.29, 1.82) is 0 Å². The summed E-state index contributed by atoms with van der Waals surface area (Å²) in [4.78, 5) is 0. The van der Waals surface area contributed by atoms with E-state index in [0.29, 0.717) is 4.73 Å². The molecule has 0 saturated heterocycles. The number of nitrogens with zero attached hydrogens (tertiary/aromatic N) is 1. The summed E-state index contributed by atoms with van der Waals surface area (Å²) in [7, 11) is 0. The Hall–Kier alpha value is -0.280. The van der Waals surface area contributed by atoms with Gasteiger partial charge in [-0.05, 0) is 18.5 Å². The second-order valence-corrected chi connectivity index (χ2v) is 3.19. The maximum atomic E-state index is 10.8. The van der Waals surface area contributed by atoms with Crippen LogP contribution >= 0.6 is 27.5 Å². The Morgan fingerprint density at radius 2 is 2.30 bits per heavy atom. The molecule has 54 valence electrons. The third-order valence-electron chi connectivity index (χ3n) is 1.14. The van der Waals surface area contributed by atoms with Gasteiger partial charge in [-0.2, -0.15) is 4.73 Å². The first-order chi connectivity index (χ1) is 4.61. The quantitative estimate of drug-likeness (QED) is 0.375. The Balaban J connectivity index is 3.28. The van der Waals surface area contributed by atoms with Gasteiger partial charge in [0.05, 0.1) is 0 Å². The van der Waals surface area contributed by atoms with E-state index in [9.17, 15) is 5.21 Å². The number of rotatable bonds is 0. The van der Waals surface area contributed by atoms with Gasteiger partial charge >= 0.3 is 0 Å². The van der Waals surface area contributed by atoms with Crippen molar-refractivity contribution in [2.45, 2.75) is 6.92 Å². The molecule has 0 aliphatic heterocycles. The van der Waals surface area contributed by atoms with Crippen LogP contribution in [0.25, 0.3) is 0 Å². The van der Waals surface area contributed by atoms with Crippen LogP contribution in [0, 0.1) is 12.1 Å². The van der Waals surface area contributed by atoms with Crippen molar-refractivity contribution in [3.8, 4) is 0 Å². The van der Waals surface area contributed by atoms with Gasteiger partial charge in [0.25, 0.3) is 5.15 Å². The lowest BCUT2D eigenvalue weighted by Gasteiger charge is -2.00. The van der Waals surface area contributed by atoms with Crippen LogP contribution in [0.2, 0.25) is 5.15 Å². The van der Waals surface area contributed by atoms with E-state index in [2.05, 4.69) is 15.9 Å². The molecule has 0 bridgehead atoms. The van der Waals surface area contributed by atoms with Gasteiger partial charge in [-0.25, -0.2) is 0 Å². The summed E-state index contributed by atoms with van der Waals surface area (Å²) in [6.45, 7) is 1.83. The van der Waals surface area contributed by atoms with Crippen molar-refractivity contribution < 1.29 is 4.73 Å². The van der Waals surface area contributed by atoms with Gasteiger partial charge in [-0.15, -0.1) is 0 Å². The van der Waals surface area contributed by atoms with E-state index in [-0.39, 0.29) is 5.15 Å². The lowest BCUT2D eigenvalue weighted by molar-refractivity contribution is -0.603. The third-order valence-corrected chi connectivity index (χ3v) is 2.27. The predicted octanol–water partition coefficient (Wildman–Crippen LogP) is 2.04. The van der Waals surface area contributed by atoms with Crippen molar-refractivity contribution in [2.75, 3.05) is 0 Å². The van der Waals surface area contributed by atoms with Crippen LogP contribution in [-0.4, -0.2) is 0 Å². The molecular weight excluding hydrogens is 217 g/mol. The van der Waals surface area contributed by atoms with Crippen molar-refractivity contribution in [3.63, 3.8) is 0 Å². The van der Waals surface area contributed by atoms with E-state index in [1.54, 1.807) is 6.07 Å². The van der Waals surface area contributed by atoms with Gasteiger partial charge in [0.1, 0.15) is 0 Å². The Bertz CT molecular complexity index is 214. The molecule has 0 N–H and O–H groups in total. The first kappa shape index (κ1) is 7.82. The molecule has 0 saturated carbocycles. The molecule has 0 spiro atoms. The van der Waals surface area contributed by atoms with Crippen LogP contribution in [0.3, 0.4) is 0 Å². The summed E-state index contributed by atoms with van der Waals surface area (Å²) in [5.41, 5.74) is 0.874. The molecule has 0 unspecified atom stereocenters. The zero-order valence-corrected chi connectivity index (χ0v) is 7.61. The van der Waals surface area contributed by atoms with Crippen LogP contribution in [-0.2, 0) is 0 Å². The Morgan fingerprint density at radius 1 is 1.70 bits per heavy atom. The molecule has 1 rings (SSSR count). The van der Waals surface area contributed by atoms with Crippen molar-refractivity contribution in [2.24, 2.45) is 0 Å². The summed E-state index contributed by atoms with van der Waals surface area (Å²) in [6.07, 6.45) is 1.42. The van der Waals surface area contributed by atoms with Crippen LogP contribution < -0.4 is 4.73 Å². The maximum absolute atomic E-state index is 10.8. The lowest BCUT2D eigenvalue weighted by Crippen LogP contribution is -2.27. The number of halogens is 2. The number of aromatic nitrogens is 1. The Morgan fingerprint density at radius 3 is 2.80 bits per heavy atom. The Kier molecular flexibility index (Phi) is 2.16. The van der Waals surface area contributed by atoms with Gasteiger partial charge in [0.15, 0.2) is 6.20 Å². The minimum Gasteiger partial charge on any atom is -0.618 e. The number of pyridine rings is 1. The van der Waals surface area contributed by atoms with Crippen molar-refractivity contribution >= 4 is 27.5 Å². The second kappa shape index (κ2) is 2.76. The predicted molar refractivity (Wildman–Crippen MR) is 42.8 cm³/mol. The van der Waals surface area contributed by atoms with Gasteiger partial charge in [-0.3, -0.25) is 0 Å². The monoisotopic (exact) mass is 221 g/mol. The fourth-order valence-corrected chi connectivity index (χ4v) is 1.19. The molecular formula is C6H5BrClNO. The first-order valence-electron chi connectivity index (χ1n) is 2.66. The van der Waals surface area contributed by atoms with E-state index in [4.69, 9.17) is 11.6 Å². The van der Waals surface area contributed by atoms with E-state index < -0.39 is 0 Å². The average Bonchev–Trinajstić information content (AvgIpc) is 1.84. The maximum Gasteiger partial charge on any atom is 0.287 e. The highest BCUT2D eigenvalue weighted by Gasteiger charge is 2.04. The molecule has 1 aromatic heterocycles. The lowest BCUT2D eigenvalue weighted by atomic mass is 10.3. The summed E-state index contributed by atoms with van der Waals surface area (Å²) in [6, 6.07) is 1.57. The summed E-state index contributed by atoms with van der Waals surface area (Å²) < 4.78 is 1.48. The molecule has 0 fully saturated rings. The minimum atomic E-state index is 0.178. The average molecular weight is 222 g/mol. The van der Waals surface area contributed by atoms with Gasteiger partial charge in [0, 0.05) is 16.1 Å². The number of hydrogen-bond acceptors (Lipinski definition) is 1. The molecule has 0 atom stereocenters. The van der Waals surface area contributed by atoms with Crippen LogP contribution in [0.4, 0.5) is 0 Å². The normalized spacial score (nSPS) is 9.90. The number of hydrogen-bond donors (Lipinski definition) is 0. The van der Waals surface area contributed by atoms with Gasteiger partial charge < -0.3 is 5.21 Å². The van der Waals surface area contributed by atoms with Crippen LogP contribution in [0.1, 0.15) is 5.56 Å². The molecule has 1 heterocycles. The van der Waals surface area contributed by atoms with Gasteiger partial charge in [-0.1, -0.05) is 15.9 Å². The third kappa shape index (κ3) is 1.41. The standard InChI is InChI=1S/C6H5BrClNO/c1-4-3-9(10)6(8)2-5(4)7/h2-3H,1H3. The second-order valence-electron chi connectivity index (χ2n) is 1.95. The minimum absolute atomic E-state index is 0.178. The highest BCUT2D eigenvalue weighted by atomic mass is 79.9. The topological polar surface area (TPSA) is 26.9 Å². The molecule has 0 aromatic carbocycles. The SMILES string of the molecule is Cc1c[n+]([O-])c(Cl)cc1Br. The van der Waals surface area contributed by atoms with Crippen molar-refractivity contribution in [1.82, 2.24) is 0 Å².